The van der Waals surface area contributed by atoms with E-state index in [-0.39, 0.29) is 23.4 Å². The van der Waals surface area contributed by atoms with E-state index in [1.807, 2.05) is 0 Å². The Bertz CT molecular complexity index is 955. The number of anilines is 1. The predicted molar refractivity (Wildman–Crippen MR) is 112 cm³/mol. The molecule has 2 aliphatic rings. The zero-order valence-electron chi connectivity index (χ0n) is 17.0. The van der Waals surface area contributed by atoms with Gasteiger partial charge in [-0.25, -0.2) is 4.39 Å². The summed E-state index contributed by atoms with van der Waals surface area (Å²) in [5.41, 5.74) is 3.56. The molecule has 0 unspecified atom stereocenters. The van der Waals surface area contributed by atoms with Crippen molar-refractivity contribution in [1.29, 1.82) is 0 Å². The van der Waals surface area contributed by atoms with E-state index in [1.165, 1.54) is 30.4 Å². The van der Waals surface area contributed by atoms with Gasteiger partial charge in [-0.15, -0.1) is 0 Å². The van der Waals surface area contributed by atoms with Crippen LogP contribution in [-0.2, 0) is 17.8 Å². The number of carbonyl (C=O) groups is 2. The summed E-state index contributed by atoms with van der Waals surface area (Å²) in [4.78, 5) is 26.5. The monoisotopic (exact) mass is 411 g/mol. The highest BCUT2D eigenvalue weighted by Crippen LogP contribution is 2.25. The van der Waals surface area contributed by atoms with E-state index < -0.39 is 5.82 Å². The summed E-state index contributed by atoms with van der Waals surface area (Å²) < 4.78 is 18.7. The van der Waals surface area contributed by atoms with Crippen LogP contribution in [0.25, 0.3) is 0 Å². The molecule has 2 amide bonds. The maximum atomic E-state index is 13.6. The van der Waals surface area contributed by atoms with E-state index in [4.69, 9.17) is 4.74 Å². The number of nitrogens with one attached hydrogen (secondary N) is 2. The van der Waals surface area contributed by atoms with Crippen LogP contribution in [0.2, 0.25) is 0 Å². The number of methoxy groups -OCH3 is 1. The second-order valence-electron chi connectivity index (χ2n) is 7.94. The number of fused-ring (bicyclic) bond motifs is 1. The van der Waals surface area contributed by atoms with E-state index in [2.05, 4.69) is 33.7 Å². The molecule has 1 fully saturated rings. The van der Waals surface area contributed by atoms with Gasteiger partial charge in [0, 0.05) is 49.4 Å². The summed E-state index contributed by atoms with van der Waals surface area (Å²) in [6.45, 7) is 2.53. The molecule has 4 rings (SSSR count). The number of nitrogens with zero attached hydrogens (tertiary/aromatic N) is 1. The molecule has 158 valence electrons. The predicted octanol–water partition coefficient (Wildman–Crippen LogP) is 3.11. The van der Waals surface area contributed by atoms with Crippen molar-refractivity contribution in [2.24, 2.45) is 0 Å². The van der Waals surface area contributed by atoms with Gasteiger partial charge in [-0.05, 0) is 48.6 Å². The number of hydrogen-bond donors (Lipinski definition) is 2. The van der Waals surface area contributed by atoms with Crippen LogP contribution in [0.15, 0.2) is 36.4 Å². The molecule has 2 aliphatic heterocycles. The van der Waals surface area contributed by atoms with Crippen molar-refractivity contribution in [3.8, 4) is 5.75 Å². The number of halogens is 1. The van der Waals surface area contributed by atoms with Crippen LogP contribution in [0, 0.1) is 5.82 Å². The molecule has 0 aliphatic carbocycles. The highest BCUT2D eigenvalue weighted by molar-refractivity contribution is 5.95. The lowest BCUT2D eigenvalue weighted by molar-refractivity contribution is -0.116. The van der Waals surface area contributed by atoms with Crippen LogP contribution in [0.3, 0.4) is 0 Å². The quantitative estimate of drug-likeness (QED) is 0.793. The van der Waals surface area contributed by atoms with Gasteiger partial charge in [0.05, 0.1) is 7.11 Å². The van der Waals surface area contributed by atoms with Crippen molar-refractivity contribution in [2.45, 2.75) is 38.3 Å². The summed E-state index contributed by atoms with van der Waals surface area (Å²) in [7, 11) is 1.45. The Kier molecular flexibility index (Phi) is 5.99. The number of benzene rings is 2. The largest absolute Gasteiger partial charge is 0.497 e. The zero-order chi connectivity index (χ0) is 21.1. The summed E-state index contributed by atoms with van der Waals surface area (Å²) >= 11 is 0. The minimum Gasteiger partial charge on any atom is -0.497 e. The number of ether oxygens (including phenoxy) is 1. The number of likely N-dealkylation sites (tertiary alicyclic amines) is 1. The maximum absolute atomic E-state index is 13.6. The van der Waals surface area contributed by atoms with Crippen molar-refractivity contribution in [3.63, 3.8) is 0 Å². The van der Waals surface area contributed by atoms with Crippen LogP contribution in [0.4, 0.5) is 10.1 Å². The van der Waals surface area contributed by atoms with Gasteiger partial charge >= 0.3 is 0 Å². The number of hydrogen-bond acceptors (Lipinski definition) is 4. The standard InChI is InChI=1S/C23H26FN3O3/c1-30-20-12-17(11-18(24)13-20)23(29)25-19-6-8-27(9-7-19)14-15-2-3-16-4-5-22(28)26-21(16)10-15/h2-3,10-13,19H,4-9,14H2,1H3,(H,25,29)(H,26,28). The van der Waals surface area contributed by atoms with Gasteiger partial charge < -0.3 is 15.4 Å². The molecule has 2 aromatic rings. The fourth-order valence-electron chi connectivity index (χ4n) is 4.09. The average molecular weight is 411 g/mol. The van der Waals surface area contributed by atoms with Gasteiger partial charge in [0.1, 0.15) is 11.6 Å². The van der Waals surface area contributed by atoms with Gasteiger partial charge in [-0.1, -0.05) is 12.1 Å². The van der Waals surface area contributed by atoms with Gasteiger partial charge in [0.2, 0.25) is 5.91 Å². The number of aryl methyl sites for hydroxylation is 1. The van der Waals surface area contributed by atoms with Crippen molar-refractivity contribution in [3.05, 3.63) is 58.9 Å². The maximum Gasteiger partial charge on any atom is 0.251 e. The minimum absolute atomic E-state index is 0.0610. The Morgan fingerprint density at radius 3 is 2.77 bits per heavy atom. The van der Waals surface area contributed by atoms with Crippen LogP contribution in [0.1, 0.15) is 40.7 Å². The van der Waals surface area contributed by atoms with Crippen molar-refractivity contribution < 1.29 is 18.7 Å². The molecule has 2 aromatic carbocycles. The third-order valence-electron chi connectivity index (χ3n) is 5.77. The lowest BCUT2D eigenvalue weighted by Gasteiger charge is -2.32. The number of amides is 2. The van der Waals surface area contributed by atoms with Gasteiger partial charge in [0.15, 0.2) is 0 Å². The number of carbonyl (C=O) groups excluding carboxylic acids is 2. The van der Waals surface area contributed by atoms with Crippen molar-refractivity contribution in [2.75, 3.05) is 25.5 Å². The first-order valence-electron chi connectivity index (χ1n) is 10.3. The third kappa shape index (κ3) is 4.79. The molecule has 0 atom stereocenters. The second kappa shape index (κ2) is 8.83. The fourth-order valence-corrected chi connectivity index (χ4v) is 4.09. The minimum atomic E-state index is -0.490. The van der Waals surface area contributed by atoms with Crippen LogP contribution < -0.4 is 15.4 Å². The van der Waals surface area contributed by atoms with Gasteiger partial charge in [-0.2, -0.15) is 0 Å². The molecule has 6 nitrogen and oxygen atoms in total. The lowest BCUT2D eigenvalue weighted by atomic mass is 9.99. The topological polar surface area (TPSA) is 70.7 Å². The van der Waals surface area contributed by atoms with E-state index in [1.54, 1.807) is 6.07 Å². The Labute approximate surface area is 175 Å². The SMILES string of the molecule is COc1cc(F)cc(C(=O)NC2CCN(Cc3ccc4c(c3)NC(=O)CC4)CC2)c1. The molecule has 2 N–H and O–H groups in total. The molecular weight excluding hydrogens is 385 g/mol. The first kappa shape index (κ1) is 20.3. The summed E-state index contributed by atoms with van der Waals surface area (Å²) in [6.07, 6.45) is 3.01. The van der Waals surface area contributed by atoms with E-state index >= 15 is 0 Å². The highest BCUT2D eigenvalue weighted by Gasteiger charge is 2.22. The lowest BCUT2D eigenvalue weighted by Crippen LogP contribution is -2.44. The molecule has 0 saturated carbocycles. The summed E-state index contributed by atoms with van der Waals surface area (Å²) in [6, 6.07) is 10.4. The molecule has 7 heteroatoms. The first-order valence-corrected chi connectivity index (χ1v) is 10.3. The molecular formula is C23H26FN3O3. The average Bonchev–Trinajstić information content (AvgIpc) is 2.74. The first-order chi connectivity index (χ1) is 14.5. The molecule has 30 heavy (non-hydrogen) atoms. The van der Waals surface area contributed by atoms with E-state index in [0.717, 1.165) is 44.6 Å². The Balaban J connectivity index is 1.30. The van der Waals surface area contributed by atoms with Gasteiger partial charge in [-0.3, -0.25) is 14.5 Å². The number of piperidine rings is 1. The van der Waals surface area contributed by atoms with Gasteiger partial charge in [0.25, 0.3) is 5.91 Å². The van der Waals surface area contributed by atoms with Crippen LogP contribution in [0.5, 0.6) is 5.75 Å². The second-order valence-corrected chi connectivity index (χ2v) is 7.94. The van der Waals surface area contributed by atoms with Crippen LogP contribution in [-0.4, -0.2) is 43.0 Å². The molecule has 1 saturated heterocycles. The molecule has 0 radical (unpaired) electrons. The van der Waals surface area contributed by atoms with E-state index in [0.29, 0.717) is 12.2 Å². The Morgan fingerprint density at radius 2 is 2.00 bits per heavy atom. The summed E-state index contributed by atoms with van der Waals surface area (Å²) in [5, 5.41) is 5.96. The van der Waals surface area contributed by atoms with Crippen molar-refractivity contribution in [1.82, 2.24) is 10.2 Å². The number of rotatable bonds is 5. The summed E-state index contributed by atoms with van der Waals surface area (Å²) in [5.74, 6) is -0.365. The van der Waals surface area contributed by atoms with Crippen LogP contribution >= 0.6 is 0 Å². The Morgan fingerprint density at radius 1 is 1.20 bits per heavy atom. The Hall–Kier alpha value is -2.93. The smallest absolute Gasteiger partial charge is 0.251 e. The molecule has 0 aromatic heterocycles. The molecule has 0 bridgehead atoms. The third-order valence-corrected chi connectivity index (χ3v) is 5.77. The van der Waals surface area contributed by atoms with E-state index in [9.17, 15) is 14.0 Å². The highest BCUT2D eigenvalue weighted by atomic mass is 19.1. The molecule has 2 heterocycles. The van der Waals surface area contributed by atoms with Crippen molar-refractivity contribution >= 4 is 17.5 Å². The fraction of sp³-hybridized carbons (Fsp3) is 0.391. The zero-order valence-corrected chi connectivity index (χ0v) is 17.0. The molecule has 0 spiro atoms. The normalized spacial score (nSPS) is 17.2.